The summed E-state index contributed by atoms with van der Waals surface area (Å²) in [6.07, 6.45) is 1.31. The first-order valence-corrected chi connectivity index (χ1v) is 7.50. The Kier molecular flexibility index (Phi) is 4.53. The third-order valence-electron chi connectivity index (χ3n) is 3.32. The first-order valence-electron chi connectivity index (χ1n) is 6.35. The molecule has 1 atom stereocenters. The number of thioether (sulfide) groups is 1. The van der Waals surface area contributed by atoms with Crippen LogP contribution in [0.2, 0.25) is 0 Å². The van der Waals surface area contributed by atoms with Crippen LogP contribution >= 0.6 is 11.8 Å². The van der Waals surface area contributed by atoms with Gasteiger partial charge in [-0.3, -0.25) is 4.79 Å². The molecular weight excluding hydrogens is 244 g/mol. The Morgan fingerprint density at radius 3 is 2.94 bits per heavy atom. The molecule has 0 saturated carbocycles. The van der Waals surface area contributed by atoms with E-state index >= 15 is 0 Å². The van der Waals surface area contributed by atoms with Gasteiger partial charge in [0, 0.05) is 24.8 Å². The van der Waals surface area contributed by atoms with Gasteiger partial charge < -0.3 is 10.6 Å². The maximum absolute atomic E-state index is 11.5. The Balaban J connectivity index is 1.98. The minimum Gasteiger partial charge on any atom is -0.385 e. The van der Waals surface area contributed by atoms with Crippen molar-refractivity contribution in [1.82, 2.24) is 5.32 Å². The molecule has 0 spiro atoms. The lowest BCUT2D eigenvalue weighted by atomic mass is 10.1. The molecule has 0 aliphatic carbocycles. The average Bonchev–Trinajstić information content (AvgIpc) is 2.89. The van der Waals surface area contributed by atoms with E-state index in [9.17, 15) is 4.79 Å². The highest BCUT2D eigenvalue weighted by atomic mass is 32.2. The number of anilines is 1. The highest BCUT2D eigenvalue weighted by Gasteiger charge is 2.15. The highest BCUT2D eigenvalue weighted by molar-refractivity contribution is 7.99. The molecule has 1 amide bonds. The van der Waals surface area contributed by atoms with Crippen LogP contribution in [0.25, 0.3) is 0 Å². The summed E-state index contributed by atoms with van der Waals surface area (Å²) in [4.78, 5) is 11.5. The van der Waals surface area contributed by atoms with Crippen molar-refractivity contribution in [3.8, 4) is 0 Å². The molecule has 2 N–H and O–H groups in total. The number of nitrogens with one attached hydrogen (secondary N) is 2. The summed E-state index contributed by atoms with van der Waals surface area (Å²) in [5.41, 5.74) is 2.98. The van der Waals surface area contributed by atoms with Crippen LogP contribution in [0.15, 0.2) is 18.2 Å². The fourth-order valence-corrected chi connectivity index (χ4v) is 3.43. The number of carbonyl (C=O) groups is 1. The van der Waals surface area contributed by atoms with Gasteiger partial charge in [-0.15, -0.1) is 0 Å². The van der Waals surface area contributed by atoms with Gasteiger partial charge in [-0.1, -0.05) is 0 Å². The summed E-state index contributed by atoms with van der Waals surface area (Å²) in [5, 5.41) is 6.14. The van der Waals surface area contributed by atoms with Gasteiger partial charge in [-0.2, -0.15) is 11.8 Å². The molecule has 18 heavy (non-hydrogen) atoms. The van der Waals surface area contributed by atoms with E-state index in [2.05, 4.69) is 10.6 Å². The van der Waals surface area contributed by atoms with Gasteiger partial charge in [0.25, 0.3) is 5.91 Å². The quantitative estimate of drug-likeness (QED) is 0.878. The highest BCUT2D eigenvalue weighted by Crippen LogP contribution is 2.24. The maximum atomic E-state index is 11.5. The van der Waals surface area contributed by atoms with Crippen molar-refractivity contribution in [2.75, 3.05) is 30.4 Å². The van der Waals surface area contributed by atoms with Gasteiger partial charge in [0.05, 0.1) is 0 Å². The van der Waals surface area contributed by atoms with E-state index in [0.717, 1.165) is 29.3 Å². The summed E-state index contributed by atoms with van der Waals surface area (Å²) >= 11 is 2.04. The minimum atomic E-state index is -0.0307. The van der Waals surface area contributed by atoms with E-state index in [0.29, 0.717) is 0 Å². The van der Waals surface area contributed by atoms with Gasteiger partial charge in [0.1, 0.15) is 0 Å². The average molecular weight is 264 g/mol. The molecule has 1 aliphatic rings. The third-order valence-corrected chi connectivity index (χ3v) is 4.55. The number of hydrogen-bond acceptors (Lipinski definition) is 3. The van der Waals surface area contributed by atoms with Crippen molar-refractivity contribution in [2.24, 2.45) is 5.92 Å². The summed E-state index contributed by atoms with van der Waals surface area (Å²) < 4.78 is 0. The second kappa shape index (κ2) is 6.14. The Morgan fingerprint density at radius 2 is 2.33 bits per heavy atom. The molecule has 0 bridgehead atoms. The fraction of sp³-hybridized carbons (Fsp3) is 0.500. The third kappa shape index (κ3) is 3.19. The second-order valence-corrected chi connectivity index (χ2v) is 5.87. The van der Waals surface area contributed by atoms with Crippen molar-refractivity contribution in [1.29, 1.82) is 0 Å². The van der Waals surface area contributed by atoms with Crippen LogP contribution in [0.3, 0.4) is 0 Å². The van der Waals surface area contributed by atoms with Crippen LogP contribution in [-0.2, 0) is 0 Å². The van der Waals surface area contributed by atoms with Crippen molar-refractivity contribution in [3.05, 3.63) is 29.3 Å². The van der Waals surface area contributed by atoms with Crippen molar-refractivity contribution < 1.29 is 4.79 Å². The van der Waals surface area contributed by atoms with Crippen LogP contribution < -0.4 is 10.6 Å². The maximum Gasteiger partial charge on any atom is 0.251 e. The number of benzene rings is 1. The number of hydrogen-bond donors (Lipinski definition) is 2. The lowest BCUT2D eigenvalue weighted by molar-refractivity contribution is 0.0963. The molecule has 0 radical (unpaired) electrons. The van der Waals surface area contributed by atoms with Gasteiger partial charge in [-0.25, -0.2) is 0 Å². The SMILES string of the molecule is CNC(=O)c1ccc(NCC2CCSC2)c(C)c1. The zero-order valence-corrected chi connectivity index (χ0v) is 11.8. The molecule has 1 unspecified atom stereocenters. The molecule has 1 aliphatic heterocycles. The van der Waals surface area contributed by atoms with Gasteiger partial charge >= 0.3 is 0 Å². The number of aryl methyl sites for hydroxylation is 1. The first kappa shape index (κ1) is 13.3. The fourth-order valence-electron chi connectivity index (χ4n) is 2.15. The summed E-state index contributed by atoms with van der Waals surface area (Å²) in [6.45, 7) is 3.07. The van der Waals surface area contributed by atoms with Crippen LogP contribution in [0.4, 0.5) is 5.69 Å². The molecular formula is C14H20N2OS. The molecule has 1 saturated heterocycles. The first-order chi connectivity index (χ1) is 8.70. The van der Waals surface area contributed by atoms with Crippen LogP contribution in [0.1, 0.15) is 22.3 Å². The second-order valence-electron chi connectivity index (χ2n) is 4.72. The van der Waals surface area contributed by atoms with E-state index in [1.54, 1.807) is 7.05 Å². The van der Waals surface area contributed by atoms with E-state index in [1.165, 1.54) is 17.9 Å². The van der Waals surface area contributed by atoms with Crippen LogP contribution in [0.5, 0.6) is 0 Å². The molecule has 1 fully saturated rings. The van der Waals surface area contributed by atoms with E-state index in [-0.39, 0.29) is 5.91 Å². The Morgan fingerprint density at radius 1 is 1.50 bits per heavy atom. The van der Waals surface area contributed by atoms with Crippen molar-refractivity contribution in [3.63, 3.8) is 0 Å². The van der Waals surface area contributed by atoms with E-state index in [1.807, 2.05) is 36.9 Å². The summed E-state index contributed by atoms with van der Waals surface area (Å²) in [5.74, 6) is 3.31. The normalized spacial score (nSPS) is 18.7. The zero-order valence-electron chi connectivity index (χ0n) is 11.0. The molecule has 4 heteroatoms. The molecule has 1 aromatic rings. The lowest BCUT2D eigenvalue weighted by Crippen LogP contribution is -2.18. The van der Waals surface area contributed by atoms with E-state index < -0.39 is 0 Å². The molecule has 0 aromatic heterocycles. The van der Waals surface area contributed by atoms with E-state index in [4.69, 9.17) is 0 Å². The molecule has 1 aromatic carbocycles. The van der Waals surface area contributed by atoms with Gasteiger partial charge in [0.15, 0.2) is 0 Å². The van der Waals surface area contributed by atoms with Gasteiger partial charge in [0.2, 0.25) is 0 Å². The predicted octanol–water partition coefficient (Wildman–Crippen LogP) is 2.52. The molecule has 1 heterocycles. The molecule has 2 rings (SSSR count). The number of rotatable bonds is 4. The van der Waals surface area contributed by atoms with Crippen molar-refractivity contribution >= 4 is 23.4 Å². The zero-order chi connectivity index (χ0) is 13.0. The molecule has 3 nitrogen and oxygen atoms in total. The monoisotopic (exact) mass is 264 g/mol. The standard InChI is InChI=1S/C14H20N2OS/c1-10-7-12(14(17)15-2)3-4-13(10)16-8-11-5-6-18-9-11/h3-4,7,11,16H,5-6,8-9H2,1-2H3,(H,15,17). The topological polar surface area (TPSA) is 41.1 Å². The Labute approximate surface area is 113 Å². The summed E-state index contributed by atoms with van der Waals surface area (Å²) in [7, 11) is 1.65. The summed E-state index contributed by atoms with van der Waals surface area (Å²) in [6, 6.07) is 5.81. The largest absolute Gasteiger partial charge is 0.385 e. The predicted molar refractivity (Wildman–Crippen MR) is 78.5 cm³/mol. The number of carbonyl (C=O) groups excluding carboxylic acids is 1. The molecule has 98 valence electrons. The van der Waals surface area contributed by atoms with Crippen molar-refractivity contribution in [2.45, 2.75) is 13.3 Å². The minimum absolute atomic E-state index is 0.0307. The lowest BCUT2D eigenvalue weighted by Gasteiger charge is -2.14. The Hall–Kier alpha value is -1.16. The Bertz CT molecular complexity index is 428. The smallest absolute Gasteiger partial charge is 0.251 e. The van der Waals surface area contributed by atoms with Crippen LogP contribution in [-0.4, -0.2) is 31.0 Å². The number of amides is 1. The van der Waals surface area contributed by atoms with Crippen LogP contribution in [0, 0.1) is 12.8 Å². The van der Waals surface area contributed by atoms with Gasteiger partial charge in [-0.05, 0) is 54.5 Å².